The Hall–Kier alpha value is -2.51. The maximum absolute atomic E-state index is 12.3. The van der Waals surface area contributed by atoms with Crippen LogP contribution in [0.4, 0.5) is 0 Å². The highest BCUT2D eigenvalue weighted by atomic mass is 35.5. The number of nitrogens with one attached hydrogen (secondary N) is 1. The number of hydrogen-bond donors (Lipinski definition) is 1. The molecule has 27 heavy (non-hydrogen) atoms. The summed E-state index contributed by atoms with van der Waals surface area (Å²) >= 11 is 7.28. The Labute approximate surface area is 166 Å². The molecule has 0 aliphatic rings. The van der Waals surface area contributed by atoms with Crippen LogP contribution >= 0.6 is 23.4 Å². The smallest absolute Gasteiger partial charge is 0.233 e. The summed E-state index contributed by atoms with van der Waals surface area (Å²) < 4.78 is 5.15. The molecule has 0 spiro atoms. The average Bonchev–Trinajstić information content (AvgIpc) is 3.15. The van der Waals surface area contributed by atoms with E-state index in [0.717, 1.165) is 16.9 Å². The number of carbonyl (C=O) groups excluding carboxylic acids is 1. The summed E-state index contributed by atoms with van der Waals surface area (Å²) in [4.78, 5) is 18.4. The third kappa shape index (κ3) is 5.24. The van der Waals surface area contributed by atoms with E-state index in [1.165, 1.54) is 11.8 Å². The van der Waals surface area contributed by atoms with Crippen molar-refractivity contribution < 1.29 is 9.53 Å². The van der Waals surface area contributed by atoms with Crippen molar-refractivity contribution in [1.29, 1.82) is 0 Å². The largest absolute Gasteiger partial charge is 0.497 e. The first-order valence-electron chi connectivity index (χ1n) is 8.23. The molecule has 1 amide bonds. The number of halogens is 1. The fraction of sp³-hybridized carbons (Fsp3) is 0.211. The van der Waals surface area contributed by atoms with Crippen LogP contribution in [-0.4, -0.2) is 45.9 Å². The minimum absolute atomic E-state index is 0.00391. The molecule has 1 heterocycles. The minimum Gasteiger partial charge on any atom is -0.497 e. The normalized spacial score (nSPS) is 10.6. The van der Waals surface area contributed by atoms with E-state index in [9.17, 15) is 4.79 Å². The molecule has 140 valence electrons. The van der Waals surface area contributed by atoms with Crippen LogP contribution in [0.25, 0.3) is 11.4 Å². The number of carbonyl (C=O) groups is 1. The summed E-state index contributed by atoms with van der Waals surface area (Å²) in [5.41, 5.74) is 1.89. The third-order valence-electron chi connectivity index (χ3n) is 3.89. The van der Waals surface area contributed by atoms with E-state index in [0.29, 0.717) is 22.5 Å². The first-order chi connectivity index (χ1) is 13.0. The van der Waals surface area contributed by atoms with Gasteiger partial charge in [0, 0.05) is 24.2 Å². The first-order valence-corrected chi connectivity index (χ1v) is 9.59. The molecule has 6 nitrogen and oxygen atoms in total. The van der Waals surface area contributed by atoms with Gasteiger partial charge in [0.15, 0.2) is 5.82 Å². The van der Waals surface area contributed by atoms with Crippen molar-refractivity contribution in [3.05, 3.63) is 59.1 Å². The number of amides is 1. The predicted octanol–water partition coefficient (Wildman–Crippen LogP) is 3.88. The molecule has 3 aromatic rings. The lowest BCUT2D eigenvalue weighted by Crippen LogP contribution is -2.27. The molecule has 1 aromatic heterocycles. The Balaban J connectivity index is 1.55. The third-order valence-corrected chi connectivity index (χ3v) is 4.95. The highest BCUT2D eigenvalue weighted by Gasteiger charge is 2.13. The van der Waals surface area contributed by atoms with Gasteiger partial charge >= 0.3 is 0 Å². The van der Waals surface area contributed by atoms with Gasteiger partial charge in [-0.2, -0.15) is 0 Å². The molecular formula is C19H19ClN4O2S. The van der Waals surface area contributed by atoms with Gasteiger partial charge in [0.2, 0.25) is 11.1 Å². The number of thioether (sulfide) groups is 1. The van der Waals surface area contributed by atoms with Crippen LogP contribution in [0.3, 0.4) is 0 Å². The molecule has 0 fully saturated rings. The molecule has 0 bridgehead atoms. The summed E-state index contributed by atoms with van der Waals surface area (Å²) in [6, 6.07) is 15.0. The van der Waals surface area contributed by atoms with Gasteiger partial charge in [0.1, 0.15) is 5.75 Å². The van der Waals surface area contributed by atoms with Gasteiger partial charge < -0.3 is 9.64 Å². The number of aromatic amines is 1. The molecule has 0 atom stereocenters. The highest BCUT2D eigenvalue weighted by molar-refractivity contribution is 7.99. The minimum atomic E-state index is -0.00391. The highest BCUT2D eigenvalue weighted by Crippen LogP contribution is 2.22. The number of H-pyrrole nitrogens is 1. The number of benzene rings is 2. The Kier molecular flexibility index (Phi) is 6.36. The van der Waals surface area contributed by atoms with Crippen LogP contribution in [-0.2, 0) is 11.3 Å². The molecule has 3 rings (SSSR count). The molecule has 0 saturated carbocycles. The molecule has 1 N–H and O–H groups in total. The molecule has 8 heteroatoms. The van der Waals surface area contributed by atoms with Gasteiger partial charge in [-0.15, -0.1) is 5.10 Å². The standard InChI is InChI=1S/C19H19ClN4O2S/c1-24(11-13-4-3-5-15(20)10-13)17(25)12-27-19-21-18(22-23-19)14-6-8-16(26-2)9-7-14/h3-10H,11-12H2,1-2H3,(H,21,22,23). The van der Waals surface area contributed by atoms with Crippen molar-refractivity contribution in [3.63, 3.8) is 0 Å². The lowest BCUT2D eigenvalue weighted by molar-refractivity contribution is -0.127. The summed E-state index contributed by atoms with van der Waals surface area (Å²) in [5, 5.41) is 8.26. The predicted molar refractivity (Wildman–Crippen MR) is 107 cm³/mol. The van der Waals surface area contributed by atoms with E-state index in [1.54, 1.807) is 19.1 Å². The zero-order chi connectivity index (χ0) is 19.2. The van der Waals surface area contributed by atoms with Crippen molar-refractivity contribution in [2.75, 3.05) is 19.9 Å². The average molecular weight is 403 g/mol. The molecule has 2 aromatic carbocycles. The monoisotopic (exact) mass is 402 g/mol. The van der Waals surface area contributed by atoms with Gasteiger partial charge in [-0.25, -0.2) is 4.98 Å². The number of hydrogen-bond acceptors (Lipinski definition) is 5. The number of ether oxygens (including phenoxy) is 1. The van der Waals surface area contributed by atoms with Crippen LogP contribution in [0.5, 0.6) is 5.75 Å². The topological polar surface area (TPSA) is 71.1 Å². The summed E-state index contributed by atoms with van der Waals surface area (Å²) in [6.07, 6.45) is 0. The fourth-order valence-corrected chi connectivity index (χ4v) is 3.37. The zero-order valence-electron chi connectivity index (χ0n) is 15.0. The number of rotatable bonds is 7. The van der Waals surface area contributed by atoms with Crippen LogP contribution in [0.15, 0.2) is 53.7 Å². The second-order valence-electron chi connectivity index (χ2n) is 5.86. The lowest BCUT2D eigenvalue weighted by atomic mass is 10.2. The Bertz CT molecular complexity index is 914. The van der Waals surface area contributed by atoms with E-state index in [1.807, 2.05) is 48.5 Å². The zero-order valence-corrected chi connectivity index (χ0v) is 16.5. The molecule has 0 radical (unpaired) electrons. The number of aromatic nitrogens is 3. The van der Waals surface area contributed by atoms with Crippen molar-refractivity contribution in [1.82, 2.24) is 20.1 Å². The van der Waals surface area contributed by atoms with Crippen molar-refractivity contribution in [3.8, 4) is 17.1 Å². The van der Waals surface area contributed by atoms with Crippen LogP contribution in [0.1, 0.15) is 5.56 Å². The van der Waals surface area contributed by atoms with E-state index < -0.39 is 0 Å². The fourth-order valence-electron chi connectivity index (χ4n) is 2.42. The Morgan fingerprint density at radius 1 is 1.26 bits per heavy atom. The maximum Gasteiger partial charge on any atom is 0.233 e. The van der Waals surface area contributed by atoms with Gasteiger partial charge in [-0.05, 0) is 42.0 Å². The van der Waals surface area contributed by atoms with Gasteiger partial charge in [-0.3, -0.25) is 9.89 Å². The molecule has 0 saturated heterocycles. The summed E-state index contributed by atoms with van der Waals surface area (Å²) in [5.74, 6) is 1.69. The van der Waals surface area contributed by atoms with Gasteiger partial charge in [0.25, 0.3) is 0 Å². The number of methoxy groups -OCH3 is 1. The Morgan fingerprint density at radius 2 is 2.04 bits per heavy atom. The first kappa shape index (κ1) is 19.3. The van der Waals surface area contributed by atoms with Crippen LogP contribution in [0, 0.1) is 0 Å². The van der Waals surface area contributed by atoms with Crippen LogP contribution < -0.4 is 4.74 Å². The van der Waals surface area contributed by atoms with Crippen molar-refractivity contribution in [2.45, 2.75) is 11.7 Å². The summed E-state index contributed by atoms with van der Waals surface area (Å²) in [6.45, 7) is 0.505. The molecular weight excluding hydrogens is 384 g/mol. The van der Waals surface area contributed by atoms with E-state index in [2.05, 4.69) is 15.2 Å². The van der Waals surface area contributed by atoms with Crippen molar-refractivity contribution in [2.24, 2.45) is 0 Å². The van der Waals surface area contributed by atoms with E-state index in [4.69, 9.17) is 16.3 Å². The van der Waals surface area contributed by atoms with E-state index in [-0.39, 0.29) is 11.7 Å². The Morgan fingerprint density at radius 3 is 2.74 bits per heavy atom. The SMILES string of the molecule is COc1ccc(-c2nc(SCC(=O)N(C)Cc3cccc(Cl)c3)n[nH]2)cc1. The molecule has 0 aliphatic carbocycles. The van der Waals surface area contributed by atoms with Gasteiger partial charge in [0.05, 0.1) is 12.9 Å². The molecule has 0 unspecified atom stereocenters. The lowest BCUT2D eigenvalue weighted by Gasteiger charge is -2.16. The van der Waals surface area contributed by atoms with Crippen LogP contribution in [0.2, 0.25) is 5.02 Å². The second-order valence-corrected chi connectivity index (χ2v) is 7.24. The second kappa shape index (κ2) is 8.92. The molecule has 0 aliphatic heterocycles. The van der Waals surface area contributed by atoms with E-state index >= 15 is 0 Å². The maximum atomic E-state index is 12.3. The number of nitrogens with zero attached hydrogens (tertiary/aromatic N) is 3. The van der Waals surface area contributed by atoms with Crippen molar-refractivity contribution >= 4 is 29.3 Å². The summed E-state index contributed by atoms with van der Waals surface area (Å²) in [7, 11) is 3.39. The quantitative estimate of drug-likeness (QED) is 0.607. The van der Waals surface area contributed by atoms with Gasteiger partial charge in [-0.1, -0.05) is 35.5 Å².